The molecule has 0 bridgehead atoms. The summed E-state index contributed by atoms with van der Waals surface area (Å²) in [5, 5.41) is 30.8. The van der Waals surface area contributed by atoms with Crippen molar-refractivity contribution in [2.24, 2.45) is 0 Å². The smallest absolute Gasteiger partial charge is 0.371 e. The minimum Gasteiger partial charge on any atom is -0.507 e. The molecule has 3 N–H and O–H groups in total. The number of aliphatic hydroxyl groups is 1. The Morgan fingerprint density at radius 2 is 1.91 bits per heavy atom. The molecular weight excluding hydrogens is 584 g/mol. The molecule has 44 heavy (non-hydrogen) atoms. The predicted molar refractivity (Wildman–Crippen MR) is 168 cm³/mol. The van der Waals surface area contributed by atoms with E-state index in [1.165, 1.54) is 24.9 Å². The van der Waals surface area contributed by atoms with E-state index in [0.29, 0.717) is 47.0 Å². The van der Waals surface area contributed by atoms with Crippen molar-refractivity contribution in [3.63, 3.8) is 0 Å². The lowest BCUT2D eigenvalue weighted by atomic mass is 10.0. The number of furan rings is 1. The van der Waals surface area contributed by atoms with Crippen molar-refractivity contribution in [2.75, 3.05) is 6.61 Å². The van der Waals surface area contributed by atoms with Gasteiger partial charge < -0.3 is 28.9 Å². The van der Waals surface area contributed by atoms with Crippen LogP contribution in [0, 0.1) is 6.92 Å². The molecule has 4 rings (SSSR count). The maximum atomic E-state index is 12.3. The summed E-state index contributed by atoms with van der Waals surface area (Å²) in [5.41, 5.74) is 1.20. The number of phenolic OH excluding ortho intramolecular Hbond substituents is 1. The lowest BCUT2D eigenvalue weighted by Gasteiger charge is -2.18. The second-order valence-corrected chi connectivity index (χ2v) is 11.4. The number of thioether (sulfide) groups is 1. The summed E-state index contributed by atoms with van der Waals surface area (Å²) >= 11 is 1.32. The number of fused-ring (bicyclic) bond motifs is 1. The number of aliphatic hydroxyl groups excluding tert-OH is 1. The summed E-state index contributed by atoms with van der Waals surface area (Å²) in [6.45, 7) is 5.55. The Labute approximate surface area is 258 Å². The molecular formula is C34H34O9S. The van der Waals surface area contributed by atoms with E-state index in [4.69, 9.17) is 13.6 Å². The lowest BCUT2D eigenvalue weighted by Crippen LogP contribution is -2.12. The maximum Gasteiger partial charge on any atom is 0.371 e. The van der Waals surface area contributed by atoms with E-state index in [9.17, 15) is 29.7 Å². The highest BCUT2D eigenvalue weighted by Gasteiger charge is 2.22. The number of allylic oxidation sites excluding steroid dienone is 2. The minimum absolute atomic E-state index is 0.0267. The Bertz CT molecular complexity index is 1760. The van der Waals surface area contributed by atoms with Crippen molar-refractivity contribution in [3.8, 4) is 11.5 Å². The van der Waals surface area contributed by atoms with Crippen LogP contribution in [0.2, 0.25) is 0 Å². The van der Waals surface area contributed by atoms with Gasteiger partial charge in [-0.1, -0.05) is 37.6 Å². The van der Waals surface area contributed by atoms with Gasteiger partial charge in [0.1, 0.15) is 22.8 Å². The summed E-state index contributed by atoms with van der Waals surface area (Å²) < 4.78 is 16.7. The number of rotatable bonds is 14. The van der Waals surface area contributed by atoms with Gasteiger partial charge in [0.15, 0.2) is 11.2 Å². The van der Waals surface area contributed by atoms with Gasteiger partial charge in [0.25, 0.3) is 0 Å². The molecule has 0 spiro atoms. The predicted octanol–water partition coefficient (Wildman–Crippen LogP) is 7.03. The Hall–Kier alpha value is -4.54. The first kappa shape index (κ1) is 32.4. The van der Waals surface area contributed by atoms with Gasteiger partial charge in [0.2, 0.25) is 5.76 Å². The zero-order chi connectivity index (χ0) is 31.8. The average Bonchev–Trinajstić information content (AvgIpc) is 3.42. The van der Waals surface area contributed by atoms with Crippen LogP contribution in [0.1, 0.15) is 70.6 Å². The quantitative estimate of drug-likeness (QED) is 0.0582. The fourth-order valence-electron chi connectivity index (χ4n) is 4.60. The molecule has 0 amide bonds. The molecule has 230 valence electrons. The molecule has 0 fully saturated rings. The second kappa shape index (κ2) is 14.8. The number of hydrogen-bond acceptors (Lipinski definition) is 9. The summed E-state index contributed by atoms with van der Waals surface area (Å²) in [4.78, 5) is 36.1. The number of ketones is 1. The molecule has 10 heteroatoms. The molecule has 2 heterocycles. The highest BCUT2D eigenvalue weighted by molar-refractivity contribution is 8.00. The molecule has 0 aliphatic carbocycles. The van der Waals surface area contributed by atoms with Gasteiger partial charge in [-0.05, 0) is 63.1 Å². The van der Waals surface area contributed by atoms with Gasteiger partial charge in [-0.2, -0.15) is 0 Å². The molecule has 2 atom stereocenters. The van der Waals surface area contributed by atoms with E-state index in [2.05, 4.69) is 0 Å². The highest BCUT2D eigenvalue weighted by atomic mass is 32.2. The third-order valence-corrected chi connectivity index (χ3v) is 8.01. The number of carbonyl (C=O) groups excluding carboxylic acids is 1. The van der Waals surface area contributed by atoms with Crippen molar-refractivity contribution in [1.29, 1.82) is 0 Å². The SMILES string of the molecule is CCCc1c(OCCC=CC=C[C@H](Sc2ccc3c(=O)cc(C(=O)O)oc3c2)[C@H](O)c2coc(C)c2)ccc(C(C)=O)c1O. The fraction of sp³-hybridized carbons (Fsp3) is 0.265. The zero-order valence-corrected chi connectivity index (χ0v) is 25.4. The van der Waals surface area contributed by atoms with Crippen LogP contribution in [0.5, 0.6) is 11.5 Å². The second-order valence-electron chi connectivity index (χ2n) is 10.2. The minimum atomic E-state index is -1.34. The highest BCUT2D eigenvalue weighted by Crippen LogP contribution is 2.36. The number of Topliss-reactive ketones (excluding diaryl/α,β-unsaturated/α-hetero) is 1. The molecule has 0 radical (unpaired) electrons. The van der Waals surface area contributed by atoms with Crippen LogP contribution in [0.15, 0.2) is 91.6 Å². The first-order valence-corrected chi connectivity index (χ1v) is 15.0. The number of ether oxygens (including phenoxy) is 1. The fourth-order valence-corrected chi connectivity index (χ4v) is 5.69. The van der Waals surface area contributed by atoms with E-state index >= 15 is 0 Å². The topological polar surface area (TPSA) is 147 Å². The van der Waals surface area contributed by atoms with Crippen LogP contribution < -0.4 is 10.2 Å². The summed E-state index contributed by atoms with van der Waals surface area (Å²) in [6.07, 6.45) is 9.91. The van der Waals surface area contributed by atoms with E-state index < -0.39 is 28.5 Å². The van der Waals surface area contributed by atoms with E-state index in [1.807, 2.05) is 31.2 Å². The van der Waals surface area contributed by atoms with Crippen molar-refractivity contribution >= 4 is 34.5 Å². The summed E-state index contributed by atoms with van der Waals surface area (Å²) in [6, 6.07) is 10.9. The Morgan fingerprint density at radius 1 is 1.11 bits per heavy atom. The number of carboxylic acid groups (broad SMARTS) is 1. The summed E-state index contributed by atoms with van der Waals surface area (Å²) in [7, 11) is 0. The Kier molecular flexibility index (Phi) is 10.9. The largest absolute Gasteiger partial charge is 0.507 e. The van der Waals surface area contributed by atoms with Gasteiger partial charge in [0.05, 0.1) is 35.2 Å². The number of aryl methyl sites for hydroxylation is 1. The normalized spacial score (nSPS) is 13.1. The van der Waals surface area contributed by atoms with Crippen LogP contribution in [-0.2, 0) is 6.42 Å². The van der Waals surface area contributed by atoms with E-state index in [1.54, 1.807) is 43.3 Å². The number of aromatic carboxylic acids is 1. The van der Waals surface area contributed by atoms with Gasteiger partial charge in [0, 0.05) is 22.1 Å². The molecule has 4 aromatic rings. The number of phenols is 1. The third kappa shape index (κ3) is 7.89. The van der Waals surface area contributed by atoms with Gasteiger partial charge in [-0.3, -0.25) is 9.59 Å². The van der Waals surface area contributed by atoms with Crippen LogP contribution >= 0.6 is 11.8 Å². The number of hydrogen-bond donors (Lipinski definition) is 3. The molecule has 0 saturated carbocycles. The van der Waals surface area contributed by atoms with Crippen LogP contribution in [-0.4, -0.2) is 38.9 Å². The van der Waals surface area contributed by atoms with Crippen LogP contribution in [0.3, 0.4) is 0 Å². The molecule has 2 aromatic heterocycles. The number of aromatic hydroxyl groups is 1. The van der Waals surface area contributed by atoms with Crippen LogP contribution in [0.4, 0.5) is 0 Å². The van der Waals surface area contributed by atoms with Crippen LogP contribution in [0.25, 0.3) is 11.0 Å². The zero-order valence-electron chi connectivity index (χ0n) is 24.6. The molecule has 0 unspecified atom stereocenters. The van der Waals surface area contributed by atoms with Crippen molar-refractivity contribution in [3.05, 3.63) is 111 Å². The lowest BCUT2D eigenvalue weighted by molar-refractivity contribution is 0.0662. The first-order chi connectivity index (χ1) is 21.1. The summed E-state index contributed by atoms with van der Waals surface area (Å²) in [5.74, 6) is -0.806. The van der Waals surface area contributed by atoms with E-state index in [-0.39, 0.29) is 28.1 Å². The third-order valence-electron chi connectivity index (χ3n) is 6.80. The van der Waals surface area contributed by atoms with E-state index in [0.717, 1.165) is 12.5 Å². The number of carboxylic acids is 1. The number of carbonyl (C=O) groups is 2. The molecule has 9 nitrogen and oxygen atoms in total. The van der Waals surface area contributed by atoms with Crippen molar-refractivity contribution in [1.82, 2.24) is 0 Å². The molecule has 0 aliphatic heterocycles. The standard InChI is InChI=1S/C34H34O9S/c1-4-9-26-28(14-13-24(21(3)35)33(26)38)41-15-8-6-5-7-10-31(32(37)22-16-20(2)42-19-22)44-23-11-12-25-27(36)18-30(34(39)40)43-29(25)17-23/h5-7,10-14,16-19,31-32,37-38H,4,8-9,15H2,1-3H3,(H,39,40)/t31-,32+/m0/s1. The number of benzene rings is 2. The van der Waals surface area contributed by atoms with Gasteiger partial charge >= 0.3 is 5.97 Å². The monoisotopic (exact) mass is 618 g/mol. The first-order valence-electron chi connectivity index (χ1n) is 14.1. The maximum absolute atomic E-state index is 12.3. The Balaban J connectivity index is 1.46. The van der Waals surface area contributed by atoms with Crippen molar-refractivity contribution in [2.45, 2.75) is 56.3 Å². The molecule has 2 aromatic carbocycles. The molecule has 0 saturated heterocycles. The van der Waals surface area contributed by atoms with Crippen molar-refractivity contribution < 1.29 is 38.5 Å². The molecule has 0 aliphatic rings. The Morgan fingerprint density at radius 3 is 2.59 bits per heavy atom. The van der Waals surface area contributed by atoms with Gasteiger partial charge in [-0.15, -0.1) is 11.8 Å². The average molecular weight is 619 g/mol. The van der Waals surface area contributed by atoms with Gasteiger partial charge in [-0.25, -0.2) is 4.79 Å².